The number of esters is 4. The highest BCUT2D eigenvalue weighted by atomic mass is 19.1. The van der Waals surface area contributed by atoms with Crippen molar-refractivity contribution in [2.24, 2.45) is 4.99 Å². The van der Waals surface area contributed by atoms with Crippen molar-refractivity contribution in [1.82, 2.24) is 24.9 Å². The number of benzene rings is 3. The first-order valence-electron chi connectivity index (χ1n) is 25.9. The number of aromatic nitrogens is 5. The van der Waals surface area contributed by atoms with Crippen molar-refractivity contribution in [1.29, 1.82) is 0 Å². The summed E-state index contributed by atoms with van der Waals surface area (Å²) in [6, 6.07) is 17.3. The number of anilines is 2. The summed E-state index contributed by atoms with van der Waals surface area (Å²) in [7, 11) is 0. The highest BCUT2D eigenvalue weighted by Crippen LogP contribution is 2.34. The number of rotatable bonds is 14. The van der Waals surface area contributed by atoms with Gasteiger partial charge >= 0.3 is 23.9 Å². The monoisotopic (exact) mass is 1180 g/mol. The van der Waals surface area contributed by atoms with E-state index in [2.05, 4.69) is 34.6 Å². The zero-order valence-corrected chi connectivity index (χ0v) is 48.2. The van der Waals surface area contributed by atoms with E-state index >= 15 is 0 Å². The van der Waals surface area contributed by atoms with Crippen LogP contribution in [-0.2, 0) is 73.4 Å². The Balaban J connectivity index is 0.000000221. The second-order valence-electron chi connectivity index (χ2n) is 21.1. The molecule has 7 aromatic rings. The van der Waals surface area contributed by atoms with Crippen LogP contribution in [0.15, 0.2) is 107 Å². The van der Waals surface area contributed by atoms with Crippen molar-refractivity contribution in [3.63, 3.8) is 0 Å². The van der Waals surface area contributed by atoms with Crippen molar-refractivity contribution in [2.75, 3.05) is 18.1 Å². The van der Waals surface area contributed by atoms with E-state index < -0.39 is 58.1 Å². The van der Waals surface area contributed by atoms with E-state index in [4.69, 9.17) is 39.9 Å². The maximum Gasteiger partial charge on any atom is 0.371 e. The molecule has 0 fully saturated rings. The molecule has 0 atom stereocenters. The third kappa shape index (κ3) is 21.6. The Morgan fingerprint density at radius 1 is 0.600 bits per heavy atom. The van der Waals surface area contributed by atoms with Crippen molar-refractivity contribution >= 4 is 70.6 Å². The van der Waals surface area contributed by atoms with E-state index in [1.54, 1.807) is 99.6 Å². The molecule has 0 aliphatic carbocycles. The van der Waals surface area contributed by atoms with E-state index in [0.717, 1.165) is 6.20 Å². The molecule has 1 aliphatic heterocycles. The minimum atomic E-state index is -0.803. The standard InChI is InChI=1S/C20H19FN2O4.C19H18FN3O4.C17H20FN3O3.C4H6O3/c1-20(2,3)27-18(25)8-12-4-5-14(10-16(12)21)26-17-6-7-22-19-15(17)9-13(24)11-23-19;1-19(2,3)27-16(25)8-11-4-5-12(9-13(11)20)26-14-6-7-21-18-17(14)22-10-15(24)23-18;1-17(2,3)24-14(22)8-10-4-5-11(9-12(10)18)23-13-6-7-21-16(20)15(13)19;1-2-7-4(6)3-5/h4-7,10-11H,8-9H2,1-3H3;4-7,9-10H,8H2,1-3H3,(H,21,23,24);4-7,9H,8,19H2,1-3H3,(H2,20,21);3H,2H2,1H3. The largest absolute Gasteiger partial charge is 0.460 e. The van der Waals surface area contributed by atoms with Crippen LogP contribution in [0.25, 0.3) is 11.2 Å². The molecule has 5 heterocycles. The second-order valence-corrected chi connectivity index (χ2v) is 21.1. The number of nitrogens with zero attached hydrogens (tertiary/aromatic N) is 5. The lowest BCUT2D eigenvalue weighted by molar-refractivity contribution is -0.155. The van der Waals surface area contributed by atoms with Crippen molar-refractivity contribution in [3.8, 4) is 34.5 Å². The molecule has 448 valence electrons. The van der Waals surface area contributed by atoms with Gasteiger partial charge in [0, 0.05) is 60.9 Å². The van der Waals surface area contributed by atoms with Crippen LogP contribution < -0.4 is 31.2 Å². The van der Waals surface area contributed by atoms with Crippen LogP contribution in [0, 0.1) is 17.5 Å². The number of carbonyl (C=O) groups excluding carboxylic acids is 6. The van der Waals surface area contributed by atoms with Gasteiger partial charge in [0.15, 0.2) is 28.7 Å². The van der Waals surface area contributed by atoms with Gasteiger partial charge in [-0.25, -0.2) is 42.9 Å². The Bertz CT molecular complexity index is 3670. The number of hydrogen-bond acceptors (Lipinski definition) is 21. The summed E-state index contributed by atoms with van der Waals surface area (Å²) in [5, 5.41) is 0. The molecule has 22 nitrogen and oxygen atoms in total. The third-order valence-electron chi connectivity index (χ3n) is 10.5. The van der Waals surface area contributed by atoms with Crippen LogP contribution in [0.1, 0.15) is 91.5 Å². The first-order valence-corrected chi connectivity index (χ1v) is 25.9. The molecular formula is C60H63F3N8O14. The Morgan fingerprint density at radius 3 is 1.48 bits per heavy atom. The SMILES string of the molecule is CC(C)(C)OC(=O)Cc1ccc(Oc2ccnc(N)c2N)cc1F.CC(C)(C)OC(=O)Cc1ccc(Oc2ccnc3[nH]c(=O)cnc23)cc1F.CC(C)(C)OC(=O)Cc1ccc(Oc2ccnc3c2CC(=O)C=N3)cc1F.CCOC(=O)C=O. The molecule has 1 aliphatic rings. The summed E-state index contributed by atoms with van der Waals surface area (Å²) in [4.78, 5) is 100. The molecular weight excluding hydrogens is 1110 g/mol. The van der Waals surface area contributed by atoms with Crippen LogP contribution in [-0.4, -0.2) is 90.5 Å². The van der Waals surface area contributed by atoms with Gasteiger partial charge in [-0.1, -0.05) is 18.2 Å². The van der Waals surface area contributed by atoms with Crippen LogP contribution in [0.3, 0.4) is 0 Å². The lowest BCUT2D eigenvalue weighted by Gasteiger charge is -2.19. The Labute approximate surface area is 486 Å². The summed E-state index contributed by atoms with van der Waals surface area (Å²) in [5.41, 5.74) is 11.1. The van der Waals surface area contributed by atoms with Gasteiger partial charge in [0.2, 0.25) is 6.29 Å². The fourth-order valence-corrected chi connectivity index (χ4v) is 7.12. The van der Waals surface area contributed by atoms with Crippen LogP contribution in [0.5, 0.6) is 34.5 Å². The van der Waals surface area contributed by atoms with Crippen molar-refractivity contribution in [2.45, 2.75) is 112 Å². The van der Waals surface area contributed by atoms with E-state index in [1.807, 2.05) is 0 Å². The molecule has 0 saturated carbocycles. The lowest BCUT2D eigenvalue weighted by atomic mass is 10.1. The second kappa shape index (κ2) is 29.3. The maximum atomic E-state index is 14.4. The summed E-state index contributed by atoms with van der Waals surface area (Å²) in [5.74, 6) is -1.96. The number of nitrogen functional groups attached to an aromatic ring is 2. The van der Waals surface area contributed by atoms with E-state index in [9.17, 15) is 46.7 Å². The van der Waals surface area contributed by atoms with Crippen LogP contribution >= 0.6 is 0 Å². The minimum absolute atomic E-state index is 0.126. The van der Waals surface area contributed by atoms with Crippen LogP contribution in [0.2, 0.25) is 0 Å². The number of nitrogens with one attached hydrogen (secondary N) is 1. The predicted molar refractivity (Wildman–Crippen MR) is 305 cm³/mol. The third-order valence-corrected chi connectivity index (χ3v) is 10.5. The fourth-order valence-electron chi connectivity index (χ4n) is 7.12. The molecule has 8 rings (SSSR count). The minimum Gasteiger partial charge on any atom is -0.460 e. The van der Waals surface area contributed by atoms with E-state index in [0.29, 0.717) is 28.4 Å². The number of fused-ring (bicyclic) bond motifs is 2. The maximum absolute atomic E-state index is 14.4. The number of halogens is 3. The molecule has 0 bridgehead atoms. The zero-order chi connectivity index (χ0) is 62.8. The van der Waals surface area contributed by atoms with Gasteiger partial charge in [-0.2, -0.15) is 0 Å². The Hall–Kier alpha value is -10.1. The highest BCUT2D eigenvalue weighted by Gasteiger charge is 2.23. The molecule has 85 heavy (non-hydrogen) atoms. The molecule has 25 heteroatoms. The highest BCUT2D eigenvalue weighted by molar-refractivity contribution is 6.29. The number of aromatic amines is 1. The molecule has 5 N–H and O–H groups in total. The first kappa shape index (κ1) is 65.7. The number of aldehydes is 1. The number of pyridine rings is 3. The molecule has 4 aromatic heterocycles. The van der Waals surface area contributed by atoms with Gasteiger partial charge in [-0.3, -0.25) is 28.8 Å². The number of ether oxygens (including phenoxy) is 7. The molecule has 3 aromatic carbocycles. The van der Waals surface area contributed by atoms with Crippen molar-refractivity contribution < 1.29 is 75.1 Å². The van der Waals surface area contributed by atoms with Gasteiger partial charge in [-0.15, -0.1) is 0 Å². The average molecular weight is 1180 g/mol. The number of aliphatic imine (C=N–C) groups is 1. The Kier molecular flexibility index (Phi) is 22.6. The van der Waals surface area contributed by atoms with Gasteiger partial charge < -0.3 is 49.6 Å². The predicted octanol–water partition coefficient (Wildman–Crippen LogP) is 9.67. The number of nitrogens with two attached hydrogens (primary N) is 2. The average Bonchev–Trinajstić information content (AvgIpc) is 2.74. The molecule has 0 amide bonds. The van der Waals surface area contributed by atoms with E-state index in [-0.39, 0.29) is 107 Å². The summed E-state index contributed by atoms with van der Waals surface area (Å²) in [6.45, 7) is 17.7. The summed E-state index contributed by atoms with van der Waals surface area (Å²) >= 11 is 0. The topological polar surface area (TPSA) is 316 Å². The van der Waals surface area contributed by atoms with Gasteiger partial charge in [0.25, 0.3) is 5.56 Å². The number of H-pyrrole nitrogens is 1. The lowest BCUT2D eigenvalue weighted by Crippen LogP contribution is -2.25. The van der Waals surface area contributed by atoms with Gasteiger partial charge in [-0.05, 0) is 110 Å². The van der Waals surface area contributed by atoms with Gasteiger partial charge in [0.05, 0.1) is 38.3 Å². The normalized spacial score (nSPS) is 11.6. The summed E-state index contributed by atoms with van der Waals surface area (Å²) < 4.78 is 79.6. The first-order chi connectivity index (χ1) is 39.9. The quantitative estimate of drug-likeness (QED) is 0.0395. The summed E-state index contributed by atoms with van der Waals surface area (Å²) in [6.07, 6.45) is 6.50. The van der Waals surface area contributed by atoms with Crippen LogP contribution in [0.4, 0.5) is 30.5 Å². The number of ketones is 1. The fraction of sp³-hybridized carbons (Fsp3) is 0.300. The number of Topliss-reactive ketones (excluding diaryl/α,β-unsaturated/α-hetero) is 1. The Morgan fingerprint density at radius 2 is 1.04 bits per heavy atom. The molecule has 0 unspecified atom stereocenters. The van der Waals surface area contributed by atoms with Gasteiger partial charge in [0.1, 0.15) is 74.3 Å². The van der Waals surface area contributed by atoms with Crippen molar-refractivity contribution in [3.05, 3.63) is 148 Å². The number of hydrogen-bond donors (Lipinski definition) is 3. The van der Waals surface area contributed by atoms with E-state index in [1.165, 1.54) is 67.3 Å². The molecule has 0 saturated heterocycles. The molecule has 0 spiro atoms. The molecule has 0 radical (unpaired) electrons. The zero-order valence-electron chi connectivity index (χ0n) is 48.2. The number of carbonyl (C=O) groups is 6. The smallest absolute Gasteiger partial charge is 0.371 e.